The molecule has 2 rings (SSSR count). The molecular formula is C15H24BrCl2FN2. The van der Waals surface area contributed by atoms with E-state index in [0.717, 1.165) is 42.6 Å². The van der Waals surface area contributed by atoms with Crippen molar-refractivity contribution in [1.82, 2.24) is 10.2 Å². The molecule has 0 unspecified atom stereocenters. The van der Waals surface area contributed by atoms with E-state index in [9.17, 15) is 4.39 Å². The van der Waals surface area contributed by atoms with E-state index >= 15 is 0 Å². The molecule has 0 spiro atoms. The van der Waals surface area contributed by atoms with Crippen LogP contribution in [0.4, 0.5) is 4.39 Å². The molecule has 122 valence electrons. The zero-order valence-corrected chi connectivity index (χ0v) is 15.7. The maximum atomic E-state index is 13.6. The van der Waals surface area contributed by atoms with Crippen molar-refractivity contribution >= 4 is 40.7 Å². The molecule has 1 aliphatic rings. The molecule has 1 aliphatic heterocycles. The van der Waals surface area contributed by atoms with Crippen LogP contribution in [0, 0.1) is 11.7 Å². The number of hydrogen-bond donors (Lipinski definition) is 1. The zero-order chi connectivity index (χ0) is 13.8. The highest BCUT2D eigenvalue weighted by Gasteiger charge is 2.23. The number of nitrogens with zero attached hydrogens (tertiary/aromatic N) is 1. The lowest BCUT2D eigenvalue weighted by atomic mass is 9.95. The average Bonchev–Trinajstić information content (AvgIpc) is 2.35. The molecule has 1 heterocycles. The molecule has 1 aromatic carbocycles. The van der Waals surface area contributed by atoms with Crippen molar-refractivity contribution < 1.29 is 4.39 Å². The molecule has 21 heavy (non-hydrogen) atoms. The second kappa shape index (κ2) is 10.0. The standard InChI is InChI=1S/C15H22BrFN2.2ClH/c1-11(2)7-15(19-5-3-18-4-6-19)12-8-13(16)10-14(17)9-12;;/h8-11,15,18H,3-7H2,1-2H3;2*1H/t15-;;/m0../s1. The molecule has 1 fully saturated rings. The predicted molar refractivity (Wildman–Crippen MR) is 95.2 cm³/mol. The van der Waals surface area contributed by atoms with Crippen LogP contribution in [0.15, 0.2) is 22.7 Å². The van der Waals surface area contributed by atoms with Crippen LogP contribution >= 0.6 is 40.7 Å². The Morgan fingerprint density at radius 3 is 2.33 bits per heavy atom. The molecule has 1 saturated heterocycles. The average molecular weight is 402 g/mol. The lowest BCUT2D eigenvalue weighted by Gasteiger charge is -2.36. The van der Waals surface area contributed by atoms with Gasteiger partial charge in [0.05, 0.1) is 0 Å². The van der Waals surface area contributed by atoms with Gasteiger partial charge in [0.25, 0.3) is 0 Å². The van der Waals surface area contributed by atoms with Crippen LogP contribution in [0.2, 0.25) is 0 Å². The van der Waals surface area contributed by atoms with E-state index in [1.807, 2.05) is 0 Å². The first-order valence-electron chi connectivity index (χ1n) is 6.97. The summed E-state index contributed by atoms with van der Waals surface area (Å²) in [4.78, 5) is 2.47. The molecule has 2 nitrogen and oxygen atoms in total. The summed E-state index contributed by atoms with van der Waals surface area (Å²) in [5.41, 5.74) is 1.09. The van der Waals surface area contributed by atoms with Gasteiger partial charge in [0, 0.05) is 36.7 Å². The van der Waals surface area contributed by atoms with Crippen molar-refractivity contribution in [3.8, 4) is 0 Å². The lowest BCUT2D eigenvalue weighted by Crippen LogP contribution is -2.45. The highest BCUT2D eigenvalue weighted by molar-refractivity contribution is 9.10. The maximum absolute atomic E-state index is 13.6. The maximum Gasteiger partial charge on any atom is 0.124 e. The zero-order valence-electron chi connectivity index (χ0n) is 12.4. The first-order valence-corrected chi connectivity index (χ1v) is 7.76. The Kier molecular flexibility index (Phi) is 10.1. The van der Waals surface area contributed by atoms with E-state index < -0.39 is 0 Å². The van der Waals surface area contributed by atoms with Gasteiger partial charge in [-0.1, -0.05) is 29.8 Å². The van der Waals surface area contributed by atoms with Gasteiger partial charge in [0.15, 0.2) is 0 Å². The first-order chi connectivity index (χ1) is 9.06. The molecular weight excluding hydrogens is 378 g/mol. The van der Waals surface area contributed by atoms with Gasteiger partial charge in [-0.2, -0.15) is 0 Å². The van der Waals surface area contributed by atoms with Crippen molar-refractivity contribution in [2.45, 2.75) is 26.3 Å². The first kappa shape index (κ1) is 21.1. The molecule has 0 amide bonds. The van der Waals surface area contributed by atoms with Crippen LogP contribution in [0.5, 0.6) is 0 Å². The van der Waals surface area contributed by atoms with Gasteiger partial charge < -0.3 is 5.32 Å². The Bertz CT molecular complexity index is 406. The van der Waals surface area contributed by atoms with Crippen LogP contribution in [-0.2, 0) is 0 Å². The molecule has 0 aromatic heterocycles. The number of rotatable bonds is 4. The summed E-state index contributed by atoms with van der Waals surface area (Å²) in [6.45, 7) is 8.56. The van der Waals surface area contributed by atoms with Gasteiger partial charge in [0.2, 0.25) is 0 Å². The van der Waals surface area contributed by atoms with Gasteiger partial charge in [-0.05, 0) is 36.1 Å². The third-order valence-corrected chi connectivity index (χ3v) is 4.01. The largest absolute Gasteiger partial charge is 0.314 e. The highest BCUT2D eigenvalue weighted by Crippen LogP contribution is 2.30. The molecule has 0 radical (unpaired) electrons. The lowest BCUT2D eigenvalue weighted by molar-refractivity contribution is 0.154. The molecule has 6 heteroatoms. The van der Waals surface area contributed by atoms with Gasteiger partial charge in [0.1, 0.15) is 5.82 Å². The van der Waals surface area contributed by atoms with Crippen LogP contribution in [0.3, 0.4) is 0 Å². The van der Waals surface area contributed by atoms with Gasteiger partial charge in [-0.15, -0.1) is 24.8 Å². The van der Waals surface area contributed by atoms with E-state index in [0.29, 0.717) is 12.0 Å². The van der Waals surface area contributed by atoms with Crippen molar-refractivity contribution in [3.63, 3.8) is 0 Å². The van der Waals surface area contributed by atoms with Crippen molar-refractivity contribution in [2.24, 2.45) is 5.92 Å². The fraction of sp³-hybridized carbons (Fsp3) is 0.600. The van der Waals surface area contributed by atoms with E-state index in [1.54, 1.807) is 6.07 Å². The smallest absolute Gasteiger partial charge is 0.124 e. The van der Waals surface area contributed by atoms with Crippen LogP contribution in [0.25, 0.3) is 0 Å². The minimum atomic E-state index is -0.159. The van der Waals surface area contributed by atoms with E-state index in [2.05, 4.69) is 46.1 Å². The van der Waals surface area contributed by atoms with E-state index in [-0.39, 0.29) is 30.6 Å². The molecule has 1 aromatic rings. The second-order valence-corrected chi connectivity index (χ2v) is 6.55. The summed E-state index contributed by atoms with van der Waals surface area (Å²) in [7, 11) is 0. The van der Waals surface area contributed by atoms with Crippen molar-refractivity contribution in [1.29, 1.82) is 0 Å². The predicted octanol–water partition coefficient (Wildman–Crippen LogP) is 4.42. The summed E-state index contributed by atoms with van der Waals surface area (Å²) in [6, 6.07) is 5.57. The number of halogens is 4. The Hall–Kier alpha value is 0.130. The molecule has 1 N–H and O–H groups in total. The fourth-order valence-corrected chi connectivity index (χ4v) is 3.19. The minimum Gasteiger partial charge on any atom is -0.314 e. The second-order valence-electron chi connectivity index (χ2n) is 5.63. The van der Waals surface area contributed by atoms with Gasteiger partial charge >= 0.3 is 0 Å². The Labute approximate surface area is 147 Å². The monoisotopic (exact) mass is 400 g/mol. The SMILES string of the molecule is CC(C)C[C@@H](c1cc(F)cc(Br)c1)N1CCNCC1.Cl.Cl. The molecule has 0 saturated carbocycles. The number of hydrogen-bond acceptors (Lipinski definition) is 2. The third kappa shape index (κ3) is 6.41. The molecule has 0 aliphatic carbocycles. The van der Waals surface area contributed by atoms with E-state index in [4.69, 9.17) is 0 Å². The van der Waals surface area contributed by atoms with Gasteiger partial charge in [-0.25, -0.2) is 4.39 Å². The molecule has 1 atom stereocenters. The quantitative estimate of drug-likeness (QED) is 0.802. The number of piperazine rings is 1. The summed E-state index contributed by atoms with van der Waals surface area (Å²) in [5, 5.41) is 3.37. The summed E-state index contributed by atoms with van der Waals surface area (Å²) in [6.07, 6.45) is 1.07. The third-order valence-electron chi connectivity index (χ3n) is 3.56. The Morgan fingerprint density at radius 1 is 1.19 bits per heavy atom. The van der Waals surface area contributed by atoms with Crippen molar-refractivity contribution in [3.05, 3.63) is 34.1 Å². The van der Waals surface area contributed by atoms with Crippen LogP contribution in [0.1, 0.15) is 31.9 Å². The Balaban J connectivity index is 0.00000200. The molecule has 0 bridgehead atoms. The summed E-state index contributed by atoms with van der Waals surface area (Å²) in [5.74, 6) is 0.440. The summed E-state index contributed by atoms with van der Waals surface area (Å²) < 4.78 is 14.5. The van der Waals surface area contributed by atoms with Crippen LogP contribution in [-0.4, -0.2) is 31.1 Å². The van der Waals surface area contributed by atoms with E-state index in [1.165, 1.54) is 6.07 Å². The topological polar surface area (TPSA) is 15.3 Å². The van der Waals surface area contributed by atoms with Crippen molar-refractivity contribution in [2.75, 3.05) is 26.2 Å². The number of benzene rings is 1. The Morgan fingerprint density at radius 2 is 1.81 bits per heavy atom. The van der Waals surface area contributed by atoms with Crippen LogP contribution < -0.4 is 5.32 Å². The normalized spacial score (nSPS) is 17.0. The summed E-state index contributed by atoms with van der Waals surface area (Å²) >= 11 is 3.40. The van der Waals surface area contributed by atoms with Gasteiger partial charge in [-0.3, -0.25) is 4.90 Å². The minimum absolute atomic E-state index is 0. The number of nitrogens with one attached hydrogen (secondary N) is 1. The fourth-order valence-electron chi connectivity index (χ4n) is 2.70. The highest BCUT2D eigenvalue weighted by atomic mass is 79.9.